The summed E-state index contributed by atoms with van der Waals surface area (Å²) in [6.45, 7) is 2.51. The summed E-state index contributed by atoms with van der Waals surface area (Å²) in [6.07, 6.45) is -1.05. The quantitative estimate of drug-likeness (QED) is 0.464. The van der Waals surface area contributed by atoms with E-state index in [0.717, 1.165) is 0 Å². The summed E-state index contributed by atoms with van der Waals surface area (Å²) in [5, 5.41) is 19.9. The molecule has 6 nitrogen and oxygen atoms in total. The number of nitrogens with zero attached hydrogens (tertiary/aromatic N) is 2. The van der Waals surface area contributed by atoms with Crippen molar-refractivity contribution in [2.75, 3.05) is 13.6 Å². The number of nitro benzene ring substituents is 1. The fourth-order valence-electron chi connectivity index (χ4n) is 1.01. The van der Waals surface area contributed by atoms with Gasteiger partial charge in [-0.3, -0.25) is 10.1 Å². The molecular formula is C10H14N2O4. The maximum atomic E-state index is 10.4. The number of non-ortho nitro benzene ring substituents is 1. The van der Waals surface area contributed by atoms with E-state index in [1.54, 1.807) is 11.9 Å². The summed E-state index contributed by atoms with van der Waals surface area (Å²) >= 11 is 0. The Labute approximate surface area is 93.2 Å². The molecule has 6 heteroatoms. The van der Waals surface area contributed by atoms with Crippen molar-refractivity contribution >= 4 is 5.69 Å². The predicted octanol–water partition coefficient (Wildman–Crippen LogP) is 1.20. The molecule has 0 unspecified atom stereocenters. The summed E-state index contributed by atoms with van der Waals surface area (Å²) < 4.78 is 5.16. The molecule has 0 radical (unpaired) electrons. The third kappa shape index (κ3) is 3.18. The van der Waals surface area contributed by atoms with Crippen molar-refractivity contribution in [3.8, 4) is 5.75 Å². The van der Waals surface area contributed by atoms with Crippen LogP contribution in [0.1, 0.15) is 6.92 Å². The second kappa shape index (κ2) is 5.43. The fourth-order valence-corrected chi connectivity index (χ4v) is 1.01. The van der Waals surface area contributed by atoms with E-state index >= 15 is 0 Å². The van der Waals surface area contributed by atoms with Gasteiger partial charge in [0.05, 0.1) is 4.92 Å². The van der Waals surface area contributed by atoms with Gasteiger partial charge in [-0.15, -0.1) is 0 Å². The summed E-state index contributed by atoms with van der Waals surface area (Å²) in [7, 11) is 1.70. The Morgan fingerprint density at radius 1 is 1.50 bits per heavy atom. The topological polar surface area (TPSA) is 75.8 Å². The van der Waals surface area contributed by atoms with Gasteiger partial charge in [-0.25, -0.2) is 4.90 Å². The van der Waals surface area contributed by atoms with Crippen LogP contribution < -0.4 is 4.74 Å². The zero-order chi connectivity index (χ0) is 12.1. The fraction of sp³-hybridized carbons (Fsp3) is 0.400. The number of hydrogen-bond donors (Lipinski definition) is 1. The lowest BCUT2D eigenvalue weighted by molar-refractivity contribution is -0.384. The van der Waals surface area contributed by atoms with Crippen LogP contribution in [0.25, 0.3) is 0 Å². The minimum Gasteiger partial charge on any atom is -0.451 e. The molecule has 0 aliphatic carbocycles. The van der Waals surface area contributed by atoms with Gasteiger partial charge >= 0.3 is 0 Å². The standard InChI is InChI=1S/C10H14N2O4/c1-3-11(2)10(13)16-9-6-4-8(5-7-9)12(14)15/h4-7,10,13H,3H2,1-2H3/t10-/m1/s1. The first-order valence-corrected chi connectivity index (χ1v) is 4.84. The van der Waals surface area contributed by atoms with Gasteiger partial charge < -0.3 is 9.84 Å². The molecule has 0 aliphatic heterocycles. The summed E-state index contributed by atoms with van der Waals surface area (Å²) in [5.41, 5.74) is -0.00862. The number of aliphatic hydroxyl groups is 1. The number of aliphatic hydroxyl groups excluding tert-OH is 1. The molecule has 0 heterocycles. The Bertz CT molecular complexity index is 352. The SMILES string of the molecule is CCN(C)[C@H](O)Oc1ccc([N+](=O)[O-])cc1. The van der Waals surface area contributed by atoms with Gasteiger partial charge in [0.2, 0.25) is 0 Å². The van der Waals surface area contributed by atoms with E-state index in [1.807, 2.05) is 6.92 Å². The molecule has 88 valence electrons. The van der Waals surface area contributed by atoms with Crippen molar-refractivity contribution in [3.63, 3.8) is 0 Å². The van der Waals surface area contributed by atoms with Gasteiger partial charge in [0, 0.05) is 18.7 Å². The van der Waals surface area contributed by atoms with E-state index in [2.05, 4.69) is 0 Å². The van der Waals surface area contributed by atoms with Crippen molar-refractivity contribution in [1.29, 1.82) is 0 Å². The molecule has 0 amide bonds. The van der Waals surface area contributed by atoms with Crippen LogP contribution in [0, 0.1) is 10.1 Å². The lowest BCUT2D eigenvalue weighted by atomic mass is 10.3. The highest BCUT2D eigenvalue weighted by molar-refractivity contribution is 5.35. The molecule has 0 spiro atoms. The lowest BCUT2D eigenvalue weighted by Crippen LogP contribution is -2.35. The minimum absolute atomic E-state index is 0.00862. The van der Waals surface area contributed by atoms with Crippen molar-refractivity contribution in [1.82, 2.24) is 4.90 Å². The van der Waals surface area contributed by atoms with E-state index in [-0.39, 0.29) is 5.69 Å². The summed E-state index contributed by atoms with van der Waals surface area (Å²) in [6, 6.07) is 5.55. The van der Waals surface area contributed by atoms with Gasteiger partial charge in [-0.05, 0) is 19.2 Å². The monoisotopic (exact) mass is 226 g/mol. The van der Waals surface area contributed by atoms with Crippen molar-refractivity contribution in [2.24, 2.45) is 0 Å². The normalized spacial score (nSPS) is 12.5. The molecule has 0 aliphatic rings. The Kier molecular flexibility index (Phi) is 4.21. The van der Waals surface area contributed by atoms with Crippen molar-refractivity contribution in [2.45, 2.75) is 13.3 Å². The first kappa shape index (κ1) is 12.4. The zero-order valence-corrected chi connectivity index (χ0v) is 9.16. The average molecular weight is 226 g/mol. The summed E-state index contributed by atoms with van der Waals surface area (Å²) in [5.74, 6) is 0.387. The maximum Gasteiger partial charge on any atom is 0.269 e. The van der Waals surface area contributed by atoms with Crippen LogP contribution in [-0.4, -0.2) is 34.9 Å². The number of rotatable bonds is 5. The molecule has 0 saturated heterocycles. The molecular weight excluding hydrogens is 212 g/mol. The molecule has 1 rings (SSSR count). The van der Waals surface area contributed by atoms with E-state index in [4.69, 9.17) is 4.74 Å². The molecule has 1 atom stereocenters. The second-order valence-corrected chi connectivity index (χ2v) is 3.27. The molecule has 0 fully saturated rings. The molecule has 1 aromatic rings. The highest BCUT2D eigenvalue weighted by atomic mass is 16.6. The van der Waals surface area contributed by atoms with E-state index < -0.39 is 11.3 Å². The highest BCUT2D eigenvalue weighted by Gasteiger charge is 2.11. The Morgan fingerprint density at radius 3 is 2.50 bits per heavy atom. The molecule has 0 bridgehead atoms. The smallest absolute Gasteiger partial charge is 0.269 e. The number of hydrogen-bond acceptors (Lipinski definition) is 5. The van der Waals surface area contributed by atoms with E-state index in [9.17, 15) is 15.2 Å². The minimum atomic E-state index is -1.05. The van der Waals surface area contributed by atoms with Crippen LogP contribution >= 0.6 is 0 Å². The Hall–Kier alpha value is -1.66. The molecule has 0 saturated carbocycles. The predicted molar refractivity (Wildman–Crippen MR) is 58.0 cm³/mol. The Balaban J connectivity index is 2.65. The number of benzene rings is 1. The van der Waals surface area contributed by atoms with Gasteiger partial charge in [0.1, 0.15) is 5.75 Å². The number of nitro groups is 1. The third-order valence-electron chi connectivity index (χ3n) is 2.16. The average Bonchev–Trinajstić information content (AvgIpc) is 2.28. The summed E-state index contributed by atoms with van der Waals surface area (Å²) in [4.78, 5) is 11.5. The Morgan fingerprint density at radius 2 is 2.06 bits per heavy atom. The van der Waals surface area contributed by atoms with Crippen LogP contribution in [0.4, 0.5) is 5.69 Å². The third-order valence-corrected chi connectivity index (χ3v) is 2.16. The van der Waals surface area contributed by atoms with Crippen molar-refractivity contribution < 1.29 is 14.8 Å². The van der Waals surface area contributed by atoms with Crippen LogP contribution in [0.5, 0.6) is 5.75 Å². The first-order valence-electron chi connectivity index (χ1n) is 4.84. The first-order chi connectivity index (χ1) is 7.54. The number of ether oxygens (including phenoxy) is 1. The van der Waals surface area contributed by atoms with Gasteiger partial charge in [-0.2, -0.15) is 0 Å². The highest BCUT2D eigenvalue weighted by Crippen LogP contribution is 2.18. The van der Waals surface area contributed by atoms with E-state index in [1.165, 1.54) is 24.3 Å². The molecule has 1 N–H and O–H groups in total. The molecule has 16 heavy (non-hydrogen) atoms. The lowest BCUT2D eigenvalue weighted by Gasteiger charge is -2.21. The van der Waals surface area contributed by atoms with Crippen LogP contribution in [-0.2, 0) is 0 Å². The molecule has 0 aromatic heterocycles. The van der Waals surface area contributed by atoms with Crippen molar-refractivity contribution in [3.05, 3.63) is 34.4 Å². The largest absolute Gasteiger partial charge is 0.451 e. The van der Waals surface area contributed by atoms with Crippen LogP contribution in [0.3, 0.4) is 0 Å². The molecule has 1 aromatic carbocycles. The van der Waals surface area contributed by atoms with Crippen LogP contribution in [0.2, 0.25) is 0 Å². The zero-order valence-electron chi connectivity index (χ0n) is 9.16. The van der Waals surface area contributed by atoms with Gasteiger partial charge in [0.15, 0.2) is 0 Å². The maximum absolute atomic E-state index is 10.4. The van der Waals surface area contributed by atoms with Gasteiger partial charge in [0.25, 0.3) is 12.1 Å². The second-order valence-electron chi connectivity index (χ2n) is 3.27. The van der Waals surface area contributed by atoms with Crippen LogP contribution in [0.15, 0.2) is 24.3 Å². The van der Waals surface area contributed by atoms with Gasteiger partial charge in [-0.1, -0.05) is 6.92 Å². The van der Waals surface area contributed by atoms with E-state index in [0.29, 0.717) is 12.3 Å².